The molecule has 0 bridgehead atoms. The molecule has 38 heavy (non-hydrogen) atoms. The van der Waals surface area contributed by atoms with Crippen LogP contribution in [0, 0.1) is 28.1 Å². The van der Waals surface area contributed by atoms with E-state index in [1.165, 1.54) is 7.11 Å². The second kappa shape index (κ2) is 8.80. The van der Waals surface area contributed by atoms with E-state index in [9.17, 15) is 24.3 Å². The van der Waals surface area contributed by atoms with Crippen molar-refractivity contribution in [1.82, 2.24) is 0 Å². The van der Waals surface area contributed by atoms with Crippen LogP contribution in [-0.4, -0.2) is 66.1 Å². The molecule has 0 aromatic heterocycles. The number of ketones is 3. The second-order valence-corrected chi connectivity index (χ2v) is 13.2. The molecule has 0 radical (unpaired) electrons. The molecule has 8 atom stereocenters. The maximum atomic E-state index is 14.3. The number of fused-ring (bicyclic) bond motifs is 1. The molecule has 0 aromatic rings. The molecule has 5 rings (SSSR count). The number of ether oxygens (including phenoxy) is 3. The van der Waals surface area contributed by atoms with Crippen LogP contribution in [0.4, 0.5) is 0 Å². The van der Waals surface area contributed by atoms with E-state index in [1.54, 1.807) is 0 Å². The van der Waals surface area contributed by atoms with Crippen LogP contribution in [0.25, 0.3) is 0 Å². The van der Waals surface area contributed by atoms with Gasteiger partial charge in [-0.05, 0) is 45.4 Å². The van der Waals surface area contributed by atoms with Gasteiger partial charge in [-0.15, -0.1) is 0 Å². The van der Waals surface area contributed by atoms with E-state index in [2.05, 4.69) is 0 Å². The molecule has 3 fully saturated rings. The van der Waals surface area contributed by atoms with Crippen LogP contribution in [0.5, 0.6) is 0 Å². The lowest BCUT2D eigenvalue weighted by Gasteiger charge is -2.57. The summed E-state index contributed by atoms with van der Waals surface area (Å²) in [7, 11) is 1.34. The van der Waals surface area contributed by atoms with Gasteiger partial charge < -0.3 is 19.3 Å². The minimum Gasteiger partial charge on any atom is -0.469 e. The lowest BCUT2D eigenvalue weighted by Crippen LogP contribution is -2.63. The zero-order chi connectivity index (χ0) is 27.9. The molecule has 2 saturated heterocycles. The minimum absolute atomic E-state index is 0.0604. The summed E-state index contributed by atoms with van der Waals surface area (Å²) in [6.07, 6.45) is 2.05. The highest BCUT2D eigenvalue weighted by Crippen LogP contribution is 2.73. The van der Waals surface area contributed by atoms with Crippen LogP contribution < -0.4 is 0 Å². The molecule has 5 aliphatic rings. The summed E-state index contributed by atoms with van der Waals surface area (Å²) in [5, 5.41) is 12.0. The van der Waals surface area contributed by atoms with Crippen molar-refractivity contribution in [1.29, 1.82) is 0 Å². The van der Waals surface area contributed by atoms with Gasteiger partial charge in [0.05, 0.1) is 31.5 Å². The number of hydrogen-bond acceptors (Lipinski definition) is 8. The van der Waals surface area contributed by atoms with Gasteiger partial charge in [0.2, 0.25) is 0 Å². The molecule has 2 aliphatic heterocycles. The fourth-order valence-electron chi connectivity index (χ4n) is 8.98. The predicted molar refractivity (Wildman–Crippen MR) is 137 cm³/mol. The first kappa shape index (κ1) is 27.7. The Labute approximate surface area is 224 Å². The Hall–Kier alpha value is -1.90. The number of rotatable bonds is 8. The van der Waals surface area contributed by atoms with Crippen molar-refractivity contribution in [2.24, 2.45) is 28.1 Å². The summed E-state index contributed by atoms with van der Waals surface area (Å²) >= 11 is 0. The Bertz CT molecular complexity index is 1120. The summed E-state index contributed by atoms with van der Waals surface area (Å²) in [6.45, 7) is 10.4. The highest BCUT2D eigenvalue weighted by molar-refractivity contribution is 6.13. The number of esters is 1. The molecule has 0 amide bonds. The molecule has 3 aliphatic carbocycles. The van der Waals surface area contributed by atoms with E-state index >= 15 is 0 Å². The second-order valence-electron chi connectivity index (χ2n) is 13.2. The van der Waals surface area contributed by atoms with Crippen molar-refractivity contribution < 1.29 is 38.5 Å². The van der Waals surface area contributed by atoms with Gasteiger partial charge in [0, 0.05) is 59.0 Å². The number of epoxide rings is 1. The number of aliphatic hydroxyl groups is 1. The van der Waals surface area contributed by atoms with Crippen LogP contribution in [0.15, 0.2) is 11.1 Å². The number of allylic oxidation sites excluding steroid dienone is 1. The maximum absolute atomic E-state index is 14.3. The van der Waals surface area contributed by atoms with Gasteiger partial charge in [0.15, 0.2) is 11.6 Å². The maximum Gasteiger partial charge on any atom is 0.305 e. The number of hydrogen-bond donors (Lipinski definition) is 1. The smallest absolute Gasteiger partial charge is 0.305 e. The van der Waals surface area contributed by atoms with Crippen molar-refractivity contribution >= 4 is 23.3 Å². The third-order valence-corrected chi connectivity index (χ3v) is 11.5. The quantitative estimate of drug-likeness (QED) is 0.374. The van der Waals surface area contributed by atoms with Crippen molar-refractivity contribution in [2.75, 3.05) is 20.3 Å². The van der Waals surface area contributed by atoms with E-state index in [-0.39, 0.29) is 48.8 Å². The topological polar surface area (TPSA) is 120 Å². The van der Waals surface area contributed by atoms with Gasteiger partial charge in [0.1, 0.15) is 11.9 Å². The Morgan fingerprint density at radius 1 is 1.00 bits per heavy atom. The van der Waals surface area contributed by atoms with Crippen LogP contribution in [-0.2, 0) is 33.4 Å². The van der Waals surface area contributed by atoms with Crippen molar-refractivity contribution in [2.45, 2.75) is 103 Å². The third-order valence-electron chi connectivity index (χ3n) is 11.5. The Kier molecular flexibility index (Phi) is 6.41. The molecule has 210 valence electrons. The number of Topliss-reactive ketones (excluding diaryl/α,β-unsaturated/α-hetero) is 3. The normalized spacial score (nSPS) is 45.5. The number of carbonyl (C=O) groups is 4. The fourth-order valence-corrected chi connectivity index (χ4v) is 8.98. The van der Waals surface area contributed by atoms with Crippen LogP contribution >= 0.6 is 0 Å². The summed E-state index contributed by atoms with van der Waals surface area (Å²) in [5.41, 5.74) is -2.83. The average molecular weight is 531 g/mol. The van der Waals surface area contributed by atoms with Gasteiger partial charge in [-0.2, -0.15) is 0 Å². The Morgan fingerprint density at radius 3 is 2.29 bits per heavy atom. The zero-order valence-corrected chi connectivity index (χ0v) is 23.6. The van der Waals surface area contributed by atoms with Gasteiger partial charge in [0.25, 0.3) is 0 Å². The van der Waals surface area contributed by atoms with Crippen LogP contribution in [0.2, 0.25) is 0 Å². The molecule has 1 saturated carbocycles. The number of aliphatic hydroxyl groups excluding tert-OH is 1. The summed E-state index contributed by atoms with van der Waals surface area (Å²) < 4.78 is 17.1. The molecule has 2 heterocycles. The van der Waals surface area contributed by atoms with Crippen LogP contribution in [0.1, 0.15) is 86.0 Å². The van der Waals surface area contributed by atoms with Gasteiger partial charge in [-0.1, -0.05) is 20.8 Å². The van der Waals surface area contributed by atoms with Crippen molar-refractivity contribution in [3.8, 4) is 0 Å². The molecular weight excluding hydrogens is 488 g/mol. The van der Waals surface area contributed by atoms with Crippen molar-refractivity contribution in [3.05, 3.63) is 11.1 Å². The van der Waals surface area contributed by atoms with Gasteiger partial charge in [-0.25, -0.2) is 0 Å². The first-order valence-corrected chi connectivity index (χ1v) is 14.1. The van der Waals surface area contributed by atoms with E-state index in [4.69, 9.17) is 14.2 Å². The SMILES string of the molecule is CCC(=O)CC[C@]1(C)OC[C@]23[C@@H](O)C(=O)C4=C(C(=O)C[C@@H]([C@@]5(C)CO5)[C@]4(C)CCC(=O)OC)[C@]2(C)CC[C@@H]31. The first-order chi connectivity index (χ1) is 17.7. The van der Waals surface area contributed by atoms with E-state index in [0.717, 1.165) is 0 Å². The Morgan fingerprint density at radius 2 is 1.68 bits per heavy atom. The summed E-state index contributed by atoms with van der Waals surface area (Å²) in [5.74, 6) is -1.14. The largest absolute Gasteiger partial charge is 0.469 e. The van der Waals surface area contributed by atoms with E-state index < -0.39 is 39.3 Å². The first-order valence-electron chi connectivity index (χ1n) is 14.1. The monoisotopic (exact) mass is 530 g/mol. The highest BCUT2D eigenvalue weighted by atomic mass is 16.6. The zero-order valence-electron chi connectivity index (χ0n) is 23.6. The summed E-state index contributed by atoms with van der Waals surface area (Å²) in [4.78, 5) is 52.8. The highest BCUT2D eigenvalue weighted by Gasteiger charge is 2.76. The van der Waals surface area contributed by atoms with Gasteiger partial charge >= 0.3 is 5.97 Å². The minimum atomic E-state index is -1.33. The molecule has 0 unspecified atom stereocenters. The molecule has 8 heteroatoms. The number of methoxy groups -OCH3 is 1. The number of carbonyl (C=O) groups excluding carboxylic acids is 4. The average Bonchev–Trinajstić information content (AvgIpc) is 3.44. The molecule has 0 aromatic carbocycles. The lowest BCUT2D eigenvalue weighted by atomic mass is 9.45. The Balaban J connectivity index is 1.63. The van der Waals surface area contributed by atoms with E-state index in [0.29, 0.717) is 56.3 Å². The molecular formula is C30H42O8. The van der Waals surface area contributed by atoms with E-state index in [1.807, 2.05) is 34.6 Å². The fraction of sp³-hybridized carbons (Fsp3) is 0.800. The lowest BCUT2D eigenvalue weighted by molar-refractivity contribution is -0.149. The standard InChI is InChI=1S/C30H42O8/c1-7-17(31)8-13-28(4)19-9-12-27(3)22-18(32)14-20(29(5)15-37-29)26(2,11-10-21(33)36-6)23(22)24(34)25(35)30(19,27)16-38-28/h19-20,25,35H,7-16H2,1-6H3/t19-,20-,25+,26+,27+,28+,29-,30+/m1/s1. The van der Waals surface area contributed by atoms with Gasteiger partial charge in [-0.3, -0.25) is 19.2 Å². The summed E-state index contributed by atoms with van der Waals surface area (Å²) in [6, 6.07) is 0. The molecule has 1 N–H and O–H groups in total. The third kappa shape index (κ3) is 3.51. The van der Waals surface area contributed by atoms with Crippen molar-refractivity contribution in [3.63, 3.8) is 0 Å². The molecule has 8 nitrogen and oxygen atoms in total. The van der Waals surface area contributed by atoms with Crippen LogP contribution in [0.3, 0.4) is 0 Å². The molecule has 1 spiro atoms. The predicted octanol–water partition coefficient (Wildman–Crippen LogP) is 3.51.